The van der Waals surface area contributed by atoms with E-state index in [0.717, 1.165) is 6.42 Å². The highest BCUT2D eigenvalue weighted by Gasteiger charge is 1.88. The van der Waals surface area contributed by atoms with Crippen molar-refractivity contribution in [1.82, 2.24) is 0 Å². The minimum Gasteiger partial charge on any atom is -0.294 e. The summed E-state index contributed by atoms with van der Waals surface area (Å²) in [6.07, 6.45) is 6.07. The Morgan fingerprint density at radius 2 is 1.82 bits per heavy atom. The van der Waals surface area contributed by atoms with Gasteiger partial charge in [-0.1, -0.05) is 32.6 Å². The molecule has 0 radical (unpaired) electrons. The molecule has 0 unspecified atom stereocenters. The SMILES string of the molecule is CCCCCCCOP=O.[AlH3]. The van der Waals surface area contributed by atoms with Gasteiger partial charge in [0.1, 0.15) is 0 Å². The fraction of sp³-hybridized carbons (Fsp3) is 1.00. The maximum atomic E-state index is 9.77. The first-order chi connectivity index (χ1) is 4.91. The van der Waals surface area contributed by atoms with Crippen LogP contribution in [0.25, 0.3) is 0 Å². The maximum Gasteiger partial charge on any atom is 0.327 e. The number of unbranched alkanes of at least 4 members (excludes halogenated alkanes) is 4. The Labute approximate surface area is 81.1 Å². The summed E-state index contributed by atoms with van der Waals surface area (Å²) in [7, 11) is -0.182. The van der Waals surface area contributed by atoms with Crippen molar-refractivity contribution >= 4 is 26.0 Å². The second-order valence-electron chi connectivity index (χ2n) is 2.32. The molecule has 0 heterocycles. The lowest BCUT2D eigenvalue weighted by Crippen LogP contribution is -1.84. The smallest absolute Gasteiger partial charge is 0.294 e. The van der Waals surface area contributed by atoms with Crippen LogP contribution in [0.1, 0.15) is 39.0 Å². The van der Waals surface area contributed by atoms with E-state index in [4.69, 9.17) is 0 Å². The highest BCUT2D eigenvalue weighted by Crippen LogP contribution is 2.04. The molecule has 0 aromatic heterocycles. The summed E-state index contributed by atoms with van der Waals surface area (Å²) in [5, 5.41) is 0. The monoisotopic (exact) mass is 192 g/mol. The predicted molar refractivity (Wildman–Crippen MR) is 52.3 cm³/mol. The van der Waals surface area contributed by atoms with Gasteiger partial charge in [0.2, 0.25) is 0 Å². The topological polar surface area (TPSA) is 26.3 Å². The molecule has 66 valence electrons. The van der Waals surface area contributed by atoms with Crippen LogP contribution >= 0.6 is 8.69 Å². The van der Waals surface area contributed by atoms with Gasteiger partial charge in [0.15, 0.2) is 17.4 Å². The minimum absolute atomic E-state index is 0. The van der Waals surface area contributed by atoms with E-state index in [0.29, 0.717) is 6.61 Å². The van der Waals surface area contributed by atoms with Gasteiger partial charge in [-0.3, -0.25) is 4.52 Å². The van der Waals surface area contributed by atoms with Gasteiger partial charge in [-0.2, -0.15) is 0 Å². The lowest BCUT2D eigenvalue weighted by Gasteiger charge is -1.95. The predicted octanol–water partition coefficient (Wildman–Crippen LogP) is 2.00. The van der Waals surface area contributed by atoms with E-state index < -0.39 is 0 Å². The van der Waals surface area contributed by atoms with Crippen molar-refractivity contribution in [2.45, 2.75) is 39.0 Å². The van der Waals surface area contributed by atoms with Crippen LogP contribution in [0.2, 0.25) is 0 Å². The quantitative estimate of drug-likeness (QED) is 0.350. The highest BCUT2D eigenvalue weighted by atomic mass is 31.1. The normalized spacial score (nSPS) is 9.55. The van der Waals surface area contributed by atoms with Crippen molar-refractivity contribution in [3.63, 3.8) is 0 Å². The van der Waals surface area contributed by atoms with E-state index in [-0.39, 0.29) is 26.0 Å². The van der Waals surface area contributed by atoms with Crippen molar-refractivity contribution in [3.8, 4) is 0 Å². The summed E-state index contributed by atoms with van der Waals surface area (Å²) in [6, 6.07) is 0. The third kappa shape index (κ3) is 13.6. The fourth-order valence-corrected chi connectivity index (χ4v) is 1.01. The summed E-state index contributed by atoms with van der Waals surface area (Å²) in [4.78, 5) is 0. The van der Waals surface area contributed by atoms with Crippen molar-refractivity contribution in [2.24, 2.45) is 0 Å². The molecule has 0 aliphatic rings. The van der Waals surface area contributed by atoms with E-state index in [1.54, 1.807) is 0 Å². The largest absolute Gasteiger partial charge is 0.327 e. The number of hydrogen-bond acceptors (Lipinski definition) is 2. The third-order valence-electron chi connectivity index (χ3n) is 1.39. The van der Waals surface area contributed by atoms with E-state index in [9.17, 15) is 4.57 Å². The zero-order valence-electron chi connectivity index (χ0n) is 6.51. The van der Waals surface area contributed by atoms with Crippen molar-refractivity contribution < 1.29 is 9.09 Å². The Kier molecular flexibility index (Phi) is 17.0. The standard InChI is InChI=1S/C7H15O2P.Al.3H/c1-2-3-4-5-6-7-9-10-8;;;;/h2-7H2,1H3;;;;. The van der Waals surface area contributed by atoms with Crippen LogP contribution in [0.5, 0.6) is 0 Å². The van der Waals surface area contributed by atoms with Gasteiger partial charge in [-0.15, -0.1) is 0 Å². The van der Waals surface area contributed by atoms with Gasteiger partial charge in [-0.25, -0.2) is 4.57 Å². The number of hydrogen-bond donors (Lipinski definition) is 0. The van der Waals surface area contributed by atoms with Gasteiger partial charge >= 0.3 is 8.69 Å². The zero-order chi connectivity index (χ0) is 7.66. The van der Waals surface area contributed by atoms with Crippen LogP contribution in [0.3, 0.4) is 0 Å². The molecular weight excluding hydrogens is 174 g/mol. The van der Waals surface area contributed by atoms with Gasteiger partial charge in [0.05, 0.1) is 6.61 Å². The van der Waals surface area contributed by atoms with E-state index in [2.05, 4.69) is 11.4 Å². The van der Waals surface area contributed by atoms with Crippen LogP contribution in [0.15, 0.2) is 0 Å². The Bertz CT molecular complexity index is 80.8. The van der Waals surface area contributed by atoms with Crippen molar-refractivity contribution in [2.75, 3.05) is 6.61 Å². The molecule has 0 atom stereocenters. The molecule has 0 fully saturated rings. The van der Waals surface area contributed by atoms with E-state index >= 15 is 0 Å². The molecule has 11 heavy (non-hydrogen) atoms. The molecular formula is C7H18AlO2P. The average molecular weight is 192 g/mol. The molecule has 0 amide bonds. The second kappa shape index (κ2) is 13.2. The summed E-state index contributed by atoms with van der Waals surface area (Å²) in [5.74, 6) is 0. The van der Waals surface area contributed by atoms with Crippen LogP contribution in [-0.2, 0) is 9.09 Å². The summed E-state index contributed by atoms with van der Waals surface area (Å²) >= 11 is 0. The molecule has 0 N–H and O–H groups in total. The van der Waals surface area contributed by atoms with Crippen LogP contribution in [0, 0.1) is 0 Å². The summed E-state index contributed by atoms with van der Waals surface area (Å²) in [6.45, 7) is 2.82. The molecule has 0 rings (SSSR count). The lowest BCUT2D eigenvalue weighted by molar-refractivity contribution is 0.328. The van der Waals surface area contributed by atoms with E-state index in [1.807, 2.05) is 0 Å². The van der Waals surface area contributed by atoms with Gasteiger partial charge in [-0.05, 0) is 6.42 Å². The number of rotatable bonds is 7. The Morgan fingerprint density at radius 3 is 2.36 bits per heavy atom. The molecule has 2 nitrogen and oxygen atoms in total. The van der Waals surface area contributed by atoms with Crippen LogP contribution in [0.4, 0.5) is 0 Å². The molecule has 0 aliphatic carbocycles. The summed E-state index contributed by atoms with van der Waals surface area (Å²) < 4.78 is 14.4. The van der Waals surface area contributed by atoms with Crippen LogP contribution < -0.4 is 0 Å². The fourth-order valence-electron chi connectivity index (χ4n) is 0.807. The van der Waals surface area contributed by atoms with Crippen LogP contribution in [-0.4, -0.2) is 24.0 Å². The zero-order valence-corrected chi connectivity index (χ0v) is 7.40. The molecule has 0 bridgehead atoms. The molecule has 0 saturated heterocycles. The van der Waals surface area contributed by atoms with Gasteiger partial charge in [0, 0.05) is 0 Å². The minimum atomic E-state index is -0.182. The molecule has 0 aliphatic heterocycles. The van der Waals surface area contributed by atoms with Gasteiger partial charge < -0.3 is 0 Å². The molecule has 0 spiro atoms. The third-order valence-corrected chi connectivity index (χ3v) is 1.68. The second-order valence-corrected chi connectivity index (χ2v) is 2.73. The molecule has 4 heteroatoms. The van der Waals surface area contributed by atoms with E-state index in [1.165, 1.54) is 25.7 Å². The first kappa shape index (κ1) is 14.1. The Morgan fingerprint density at radius 1 is 1.18 bits per heavy atom. The Balaban J connectivity index is 0. The van der Waals surface area contributed by atoms with Crippen molar-refractivity contribution in [1.29, 1.82) is 0 Å². The Hall–Kier alpha value is 0.592. The van der Waals surface area contributed by atoms with Crippen molar-refractivity contribution in [3.05, 3.63) is 0 Å². The first-order valence-corrected chi connectivity index (χ1v) is 4.59. The molecule has 0 aromatic carbocycles. The lowest BCUT2D eigenvalue weighted by atomic mass is 10.2. The molecule has 0 saturated carbocycles. The highest BCUT2D eigenvalue weighted by molar-refractivity contribution is 7.17. The summed E-state index contributed by atoms with van der Waals surface area (Å²) in [5.41, 5.74) is 0. The van der Waals surface area contributed by atoms with Gasteiger partial charge in [0.25, 0.3) is 0 Å². The maximum absolute atomic E-state index is 9.77. The molecule has 0 aromatic rings. The first-order valence-electron chi connectivity index (χ1n) is 3.86. The average Bonchev–Trinajstić information content (AvgIpc) is 1.97.